The van der Waals surface area contributed by atoms with Crippen molar-refractivity contribution in [1.82, 2.24) is 4.90 Å². The van der Waals surface area contributed by atoms with E-state index in [0.29, 0.717) is 0 Å². The van der Waals surface area contributed by atoms with Gasteiger partial charge in [0.2, 0.25) is 0 Å². The van der Waals surface area contributed by atoms with Gasteiger partial charge in [-0.25, -0.2) is 8.78 Å². The molecule has 0 N–H and O–H groups in total. The van der Waals surface area contributed by atoms with E-state index in [1.54, 1.807) is 0 Å². The first kappa shape index (κ1) is 30.6. The Balaban J connectivity index is 3.26. The Hall–Kier alpha value is -1.65. The van der Waals surface area contributed by atoms with Crippen LogP contribution in [0, 0.1) is 0 Å². The molecule has 1 aliphatic carbocycles. The summed E-state index contributed by atoms with van der Waals surface area (Å²) in [5.41, 5.74) is -19.3. The van der Waals surface area contributed by atoms with Gasteiger partial charge in [-0.15, -0.1) is 0 Å². The van der Waals surface area contributed by atoms with Gasteiger partial charge >= 0.3 is 59.9 Å². The quantitative estimate of drug-likeness (QED) is 0.236. The summed E-state index contributed by atoms with van der Waals surface area (Å²) in [6.45, 7) is 0. The van der Waals surface area contributed by atoms with Crippen LogP contribution in [0.4, 0.5) is 101 Å². The molecule has 214 valence electrons. The number of halogens is 23. The Morgan fingerprint density at radius 2 is 0.500 bits per heavy atom. The monoisotopic (exact) mass is 595 g/mol. The van der Waals surface area contributed by atoms with Gasteiger partial charge in [0.15, 0.2) is 0 Å². The maximum absolute atomic E-state index is 14.8. The topological polar surface area (TPSA) is 3.24 Å². The van der Waals surface area contributed by atoms with Gasteiger partial charge in [-0.1, -0.05) is 4.90 Å². The standard InChI is InChI=1S/C12F23N/c13-1(3(15,16)7(23,24)9(27,28)8(25,26)4(1,17)18)2(14)5(19,20)10(29,30)36(12(33,34)35)11(31,32)6(2,21)22. The SMILES string of the molecule is FC(F)(F)N1C(F)(F)C(F)(F)C(F)(C2(F)C(F)(F)C(F)(F)C(F)(F)C(F)(F)C2(F)F)C(F)(F)C1(F)F. The van der Waals surface area contributed by atoms with Gasteiger partial charge in [0, 0.05) is 0 Å². The van der Waals surface area contributed by atoms with E-state index in [-0.39, 0.29) is 0 Å². The Morgan fingerprint density at radius 1 is 0.306 bits per heavy atom. The first-order chi connectivity index (χ1) is 15.1. The minimum Gasteiger partial charge on any atom is -0.226 e. The van der Waals surface area contributed by atoms with E-state index in [4.69, 9.17) is 0 Å². The van der Waals surface area contributed by atoms with E-state index < -0.39 is 76.1 Å². The molecule has 2 rings (SSSR count). The zero-order valence-corrected chi connectivity index (χ0v) is 15.1. The Labute approximate surface area is 178 Å². The molecule has 0 aromatic heterocycles. The smallest absolute Gasteiger partial charge is 0.226 e. The number of hydrogen-bond donors (Lipinski definition) is 0. The fourth-order valence-electron chi connectivity index (χ4n) is 3.47. The molecule has 24 heteroatoms. The maximum Gasteiger partial charge on any atom is 0.469 e. The number of likely N-dealkylation sites (tertiary alicyclic amines) is 1. The zero-order valence-electron chi connectivity index (χ0n) is 15.1. The molecule has 2 aliphatic rings. The lowest BCUT2D eigenvalue weighted by Gasteiger charge is -2.62. The van der Waals surface area contributed by atoms with Gasteiger partial charge in [-0.2, -0.15) is 92.2 Å². The van der Waals surface area contributed by atoms with Crippen molar-refractivity contribution < 1.29 is 101 Å². The van der Waals surface area contributed by atoms with Crippen molar-refractivity contribution in [1.29, 1.82) is 0 Å². The van der Waals surface area contributed by atoms with Crippen LogP contribution in [0.3, 0.4) is 0 Å². The maximum atomic E-state index is 14.8. The van der Waals surface area contributed by atoms with E-state index in [9.17, 15) is 101 Å². The molecule has 0 aromatic carbocycles. The van der Waals surface area contributed by atoms with Crippen molar-refractivity contribution in [3.8, 4) is 0 Å². The highest BCUT2D eigenvalue weighted by Crippen LogP contribution is 2.79. The van der Waals surface area contributed by atoms with Crippen LogP contribution in [0.2, 0.25) is 0 Å². The van der Waals surface area contributed by atoms with Crippen LogP contribution in [0.1, 0.15) is 0 Å². The zero-order chi connectivity index (χ0) is 29.6. The summed E-state index contributed by atoms with van der Waals surface area (Å²) in [4.78, 5) is -4.70. The van der Waals surface area contributed by atoms with Crippen LogP contribution in [0.5, 0.6) is 0 Å². The van der Waals surface area contributed by atoms with E-state index >= 15 is 0 Å². The number of hydrogen-bond acceptors (Lipinski definition) is 1. The average molecular weight is 595 g/mol. The summed E-state index contributed by atoms with van der Waals surface area (Å²) in [7, 11) is 0. The highest BCUT2D eigenvalue weighted by molar-refractivity contribution is 5.38. The molecule has 1 saturated carbocycles. The van der Waals surface area contributed by atoms with Crippen LogP contribution in [0.15, 0.2) is 0 Å². The Kier molecular flexibility index (Phi) is 5.51. The molecule has 36 heavy (non-hydrogen) atoms. The summed E-state index contributed by atoms with van der Waals surface area (Å²) >= 11 is 0. The Bertz CT molecular complexity index is 866. The normalized spacial score (nSPS) is 34.1. The lowest BCUT2D eigenvalue weighted by Crippen LogP contribution is -2.97. The molecule has 0 atom stereocenters. The molecule has 2 fully saturated rings. The van der Waals surface area contributed by atoms with Crippen molar-refractivity contribution >= 4 is 0 Å². The molecule has 0 amide bonds. The fraction of sp³-hybridized carbons (Fsp3) is 1.00. The van der Waals surface area contributed by atoms with Gasteiger partial charge in [0.05, 0.1) is 0 Å². The first-order valence-corrected chi connectivity index (χ1v) is 7.77. The predicted molar refractivity (Wildman–Crippen MR) is 60.1 cm³/mol. The second-order valence-electron chi connectivity index (χ2n) is 7.22. The molecule has 1 nitrogen and oxygen atoms in total. The molecule has 1 saturated heterocycles. The van der Waals surface area contributed by atoms with Crippen molar-refractivity contribution in [2.24, 2.45) is 0 Å². The summed E-state index contributed by atoms with van der Waals surface area (Å²) < 4.78 is 313. The second kappa shape index (κ2) is 6.49. The van der Waals surface area contributed by atoms with Gasteiger partial charge in [0.1, 0.15) is 0 Å². The number of nitrogens with zero attached hydrogens (tertiary/aromatic N) is 1. The fourth-order valence-corrected chi connectivity index (χ4v) is 3.47. The van der Waals surface area contributed by atoms with Crippen LogP contribution >= 0.6 is 0 Å². The Morgan fingerprint density at radius 3 is 0.722 bits per heavy atom. The third-order valence-corrected chi connectivity index (χ3v) is 5.35. The van der Waals surface area contributed by atoms with E-state index in [2.05, 4.69) is 0 Å². The molecule has 1 heterocycles. The first-order valence-electron chi connectivity index (χ1n) is 7.77. The average Bonchev–Trinajstić information content (AvgIpc) is 2.61. The van der Waals surface area contributed by atoms with E-state index in [0.717, 1.165) is 0 Å². The van der Waals surface area contributed by atoms with Crippen LogP contribution in [-0.4, -0.2) is 76.1 Å². The third kappa shape index (κ3) is 2.39. The largest absolute Gasteiger partial charge is 0.469 e. The predicted octanol–water partition coefficient (Wildman–Crippen LogP) is 6.88. The molecular formula is C12F23N. The highest BCUT2D eigenvalue weighted by atomic mass is 19.4. The van der Waals surface area contributed by atoms with Crippen LogP contribution in [-0.2, 0) is 0 Å². The van der Waals surface area contributed by atoms with Crippen molar-refractivity contribution in [2.75, 3.05) is 0 Å². The molecular weight excluding hydrogens is 595 g/mol. The van der Waals surface area contributed by atoms with Crippen LogP contribution < -0.4 is 0 Å². The summed E-state index contributed by atoms with van der Waals surface area (Å²) in [5, 5.41) is 0. The number of rotatable bonds is 1. The summed E-state index contributed by atoms with van der Waals surface area (Å²) in [6.07, 6.45) is -7.98. The summed E-state index contributed by atoms with van der Waals surface area (Å²) in [6, 6.07) is -17.3. The van der Waals surface area contributed by atoms with Crippen molar-refractivity contribution in [3.05, 3.63) is 0 Å². The van der Waals surface area contributed by atoms with Gasteiger partial charge in [-0.3, -0.25) is 0 Å². The number of alkyl halides is 23. The lowest BCUT2D eigenvalue weighted by atomic mass is 9.59. The molecule has 0 bridgehead atoms. The minimum absolute atomic E-state index is 4.70. The highest BCUT2D eigenvalue weighted by Gasteiger charge is 3.12. The van der Waals surface area contributed by atoms with Crippen molar-refractivity contribution in [2.45, 2.75) is 71.2 Å². The van der Waals surface area contributed by atoms with Gasteiger partial charge < -0.3 is 0 Å². The van der Waals surface area contributed by atoms with Crippen molar-refractivity contribution in [3.63, 3.8) is 0 Å². The second-order valence-corrected chi connectivity index (χ2v) is 7.22. The van der Waals surface area contributed by atoms with E-state index in [1.807, 2.05) is 0 Å². The number of piperidine rings is 1. The molecule has 0 spiro atoms. The molecule has 0 aromatic rings. The van der Waals surface area contributed by atoms with Gasteiger partial charge in [-0.05, 0) is 0 Å². The molecule has 0 unspecified atom stereocenters. The lowest BCUT2D eigenvalue weighted by molar-refractivity contribution is -0.573. The summed E-state index contributed by atoms with van der Waals surface area (Å²) in [5.74, 6) is -62.7. The van der Waals surface area contributed by atoms with Gasteiger partial charge in [0.25, 0.3) is 11.3 Å². The van der Waals surface area contributed by atoms with Crippen LogP contribution in [0.25, 0.3) is 0 Å². The minimum atomic E-state index is -9.63. The van der Waals surface area contributed by atoms with E-state index in [1.165, 1.54) is 0 Å². The third-order valence-electron chi connectivity index (χ3n) is 5.35. The molecule has 0 radical (unpaired) electrons. The molecule has 1 aliphatic heterocycles.